The zero-order valence-corrected chi connectivity index (χ0v) is 8.48. The summed E-state index contributed by atoms with van der Waals surface area (Å²) in [5.41, 5.74) is 0.534. The van der Waals surface area contributed by atoms with Gasteiger partial charge in [-0.1, -0.05) is 11.8 Å². The van der Waals surface area contributed by atoms with Crippen molar-refractivity contribution >= 4 is 11.8 Å². The van der Waals surface area contributed by atoms with Gasteiger partial charge in [0.05, 0.1) is 11.8 Å². The van der Waals surface area contributed by atoms with E-state index in [1.54, 1.807) is 18.5 Å². The molecule has 2 rings (SSSR count). The number of nitriles is 1. The third kappa shape index (κ3) is 2.30. The second-order valence-electron chi connectivity index (χ2n) is 2.65. The third-order valence-corrected chi connectivity index (χ3v) is 2.67. The highest BCUT2D eigenvalue weighted by molar-refractivity contribution is 7.99. The molecular formula is C10H6N4S. The maximum atomic E-state index is 8.85. The van der Waals surface area contributed by atoms with Crippen LogP contribution in [0.3, 0.4) is 0 Å². The van der Waals surface area contributed by atoms with E-state index in [-0.39, 0.29) is 0 Å². The predicted octanol–water partition coefficient (Wildman–Crippen LogP) is 1.89. The van der Waals surface area contributed by atoms with Crippen molar-refractivity contribution in [2.75, 3.05) is 0 Å². The van der Waals surface area contributed by atoms with E-state index >= 15 is 0 Å². The van der Waals surface area contributed by atoms with E-state index in [4.69, 9.17) is 5.26 Å². The van der Waals surface area contributed by atoms with Crippen LogP contribution in [-0.2, 0) is 0 Å². The average molecular weight is 214 g/mol. The second-order valence-corrected chi connectivity index (χ2v) is 3.71. The largest absolute Gasteiger partial charge is 0.265 e. The molecule has 0 aromatic carbocycles. The molecule has 0 amide bonds. The lowest BCUT2D eigenvalue weighted by molar-refractivity contribution is 0.919. The van der Waals surface area contributed by atoms with E-state index in [2.05, 4.69) is 21.3 Å². The van der Waals surface area contributed by atoms with E-state index in [1.807, 2.05) is 12.1 Å². The molecule has 2 aromatic heterocycles. The highest BCUT2D eigenvalue weighted by atomic mass is 32.2. The highest BCUT2D eigenvalue weighted by Gasteiger charge is 2.04. The SMILES string of the molecule is N#Cc1ccnnc1Sc1ccncc1. The molecule has 0 unspecified atom stereocenters. The maximum absolute atomic E-state index is 8.85. The minimum Gasteiger partial charge on any atom is -0.265 e. The molecule has 0 aliphatic heterocycles. The molecule has 0 atom stereocenters. The number of rotatable bonds is 2. The predicted molar refractivity (Wildman–Crippen MR) is 55.1 cm³/mol. The zero-order chi connectivity index (χ0) is 10.5. The van der Waals surface area contributed by atoms with Crippen molar-refractivity contribution in [2.45, 2.75) is 9.92 Å². The lowest BCUT2D eigenvalue weighted by atomic mass is 10.3. The maximum Gasteiger partial charge on any atom is 0.141 e. The van der Waals surface area contributed by atoms with Gasteiger partial charge in [-0.15, -0.1) is 5.10 Å². The molecule has 5 heteroatoms. The Morgan fingerprint density at radius 1 is 1.13 bits per heavy atom. The van der Waals surface area contributed by atoms with Crippen LogP contribution in [0.1, 0.15) is 5.56 Å². The summed E-state index contributed by atoms with van der Waals surface area (Å²) in [6.07, 6.45) is 4.91. The van der Waals surface area contributed by atoms with Gasteiger partial charge in [-0.3, -0.25) is 4.98 Å². The average Bonchev–Trinajstić information content (AvgIpc) is 2.31. The summed E-state index contributed by atoms with van der Waals surface area (Å²) in [5, 5.41) is 17.1. The topological polar surface area (TPSA) is 62.5 Å². The summed E-state index contributed by atoms with van der Waals surface area (Å²) < 4.78 is 0. The smallest absolute Gasteiger partial charge is 0.141 e. The van der Waals surface area contributed by atoms with Crippen LogP contribution in [0.15, 0.2) is 46.7 Å². The Hall–Kier alpha value is -1.93. The van der Waals surface area contributed by atoms with E-state index < -0.39 is 0 Å². The van der Waals surface area contributed by atoms with Crippen LogP contribution in [-0.4, -0.2) is 15.2 Å². The van der Waals surface area contributed by atoms with Crippen molar-refractivity contribution < 1.29 is 0 Å². The summed E-state index contributed by atoms with van der Waals surface area (Å²) >= 11 is 1.40. The minimum atomic E-state index is 0.534. The van der Waals surface area contributed by atoms with Gasteiger partial charge in [-0.05, 0) is 18.2 Å². The summed E-state index contributed by atoms with van der Waals surface area (Å²) in [5.74, 6) is 0. The molecular weight excluding hydrogens is 208 g/mol. The van der Waals surface area contributed by atoms with Crippen molar-refractivity contribution in [1.29, 1.82) is 5.26 Å². The summed E-state index contributed by atoms with van der Waals surface area (Å²) in [4.78, 5) is 4.90. The first-order valence-corrected chi connectivity index (χ1v) is 5.01. The van der Waals surface area contributed by atoms with E-state index in [0.717, 1.165) is 4.90 Å². The first kappa shape index (κ1) is 9.62. The van der Waals surface area contributed by atoms with Gasteiger partial charge in [-0.2, -0.15) is 10.4 Å². The third-order valence-electron chi connectivity index (χ3n) is 1.67. The Balaban J connectivity index is 2.29. The fourth-order valence-corrected chi connectivity index (χ4v) is 1.79. The molecule has 0 aliphatic carbocycles. The standard InChI is InChI=1S/C10H6N4S/c11-7-8-1-6-13-14-10(8)15-9-2-4-12-5-3-9/h1-6H. The molecule has 0 radical (unpaired) electrons. The quantitative estimate of drug-likeness (QED) is 0.764. The van der Waals surface area contributed by atoms with E-state index in [1.165, 1.54) is 18.0 Å². The van der Waals surface area contributed by atoms with Crippen molar-refractivity contribution in [3.8, 4) is 6.07 Å². The lowest BCUT2D eigenvalue weighted by Crippen LogP contribution is -1.88. The molecule has 0 spiro atoms. The summed E-state index contributed by atoms with van der Waals surface area (Å²) in [6.45, 7) is 0. The molecule has 0 fully saturated rings. The Labute approximate surface area is 91.0 Å². The number of nitrogens with zero attached hydrogens (tertiary/aromatic N) is 4. The Morgan fingerprint density at radius 3 is 2.67 bits per heavy atom. The van der Waals surface area contributed by atoms with Gasteiger partial charge in [0, 0.05) is 17.3 Å². The van der Waals surface area contributed by atoms with Gasteiger partial charge in [0.25, 0.3) is 0 Å². The Kier molecular flexibility index (Phi) is 2.90. The number of pyridine rings is 1. The van der Waals surface area contributed by atoms with Crippen LogP contribution in [0, 0.1) is 11.3 Å². The first-order chi connectivity index (χ1) is 7.40. The number of hydrogen-bond acceptors (Lipinski definition) is 5. The van der Waals surface area contributed by atoms with Crippen molar-refractivity contribution in [3.63, 3.8) is 0 Å². The highest BCUT2D eigenvalue weighted by Crippen LogP contribution is 2.26. The molecule has 0 saturated heterocycles. The molecule has 0 bridgehead atoms. The van der Waals surface area contributed by atoms with E-state index in [0.29, 0.717) is 10.6 Å². The van der Waals surface area contributed by atoms with Gasteiger partial charge >= 0.3 is 0 Å². The molecule has 0 aliphatic rings. The van der Waals surface area contributed by atoms with Crippen LogP contribution in [0.2, 0.25) is 0 Å². The van der Waals surface area contributed by atoms with Crippen molar-refractivity contribution in [3.05, 3.63) is 42.4 Å². The summed E-state index contributed by atoms with van der Waals surface area (Å²) in [6, 6.07) is 7.45. The normalized spacial score (nSPS) is 9.53. The second kappa shape index (κ2) is 4.53. The molecule has 2 aromatic rings. The van der Waals surface area contributed by atoms with Gasteiger partial charge in [0.1, 0.15) is 11.1 Å². The lowest BCUT2D eigenvalue weighted by Gasteiger charge is -2.00. The number of hydrogen-bond donors (Lipinski definition) is 0. The van der Waals surface area contributed by atoms with Gasteiger partial charge < -0.3 is 0 Å². The summed E-state index contributed by atoms with van der Waals surface area (Å²) in [7, 11) is 0. The van der Waals surface area contributed by atoms with Crippen LogP contribution >= 0.6 is 11.8 Å². The first-order valence-electron chi connectivity index (χ1n) is 4.20. The molecule has 72 valence electrons. The van der Waals surface area contributed by atoms with Crippen LogP contribution in [0.25, 0.3) is 0 Å². The van der Waals surface area contributed by atoms with Crippen molar-refractivity contribution in [2.24, 2.45) is 0 Å². The number of aromatic nitrogens is 3. The van der Waals surface area contributed by atoms with E-state index in [9.17, 15) is 0 Å². The minimum absolute atomic E-state index is 0.534. The van der Waals surface area contributed by atoms with Gasteiger partial charge in [-0.25, -0.2) is 0 Å². The molecule has 4 nitrogen and oxygen atoms in total. The monoisotopic (exact) mass is 214 g/mol. The Morgan fingerprint density at radius 2 is 1.93 bits per heavy atom. The zero-order valence-electron chi connectivity index (χ0n) is 7.66. The van der Waals surface area contributed by atoms with Gasteiger partial charge in [0.15, 0.2) is 0 Å². The molecule has 0 saturated carbocycles. The van der Waals surface area contributed by atoms with Crippen LogP contribution in [0.5, 0.6) is 0 Å². The van der Waals surface area contributed by atoms with Crippen molar-refractivity contribution in [1.82, 2.24) is 15.2 Å². The molecule has 2 heterocycles. The Bertz CT molecular complexity index is 492. The van der Waals surface area contributed by atoms with Crippen LogP contribution < -0.4 is 0 Å². The fourth-order valence-electron chi connectivity index (χ4n) is 0.997. The van der Waals surface area contributed by atoms with Crippen LogP contribution in [0.4, 0.5) is 0 Å². The fraction of sp³-hybridized carbons (Fsp3) is 0. The molecule has 15 heavy (non-hydrogen) atoms. The molecule has 0 N–H and O–H groups in total. The van der Waals surface area contributed by atoms with Gasteiger partial charge in [0.2, 0.25) is 0 Å².